The summed E-state index contributed by atoms with van der Waals surface area (Å²) in [7, 11) is -5.73. The molecule has 2 unspecified atom stereocenters. The number of alkyl halides is 2. The highest BCUT2D eigenvalue weighted by Crippen LogP contribution is 2.66. The standard InChI is InChI=1S/C22H25F2NO9S/c23-22(24,35(30,31)32)13-34-19(27)21-8-14-5-15(9-21)7-20(6-14,12-21)10-18(26)33-11-16-3-1-2-4-17(16)25(28)29/h1-4,14-15H,5-13H2,(H,30,31,32). The lowest BCUT2D eigenvalue weighted by molar-refractivity contribution is -0.385. The molecular formula is C22H25F2NO9S. The molecule has 0 heterocycles. The Morgan fingerprint density at radius 3 is 2.37 bits per heavy atom. The van der Waals surface area contributed by atoms with Gasteiger partial charge in [-0.05, 0) is 61.8 Å². The van der Waals surface area contributed by atoms with Crippen molar-refractivity contribution in [3.8, 4) is 0 Å². The highest BCUT2D eigenvalue weighted by molar-refractivity contribution is 7.86. The van der Waals surface area contributed by atoms with E-state index in [2.05, 4.69) is 0 Å². The number of nitro benzene ring substituents is 1. The molecule has 4 fully saturated rings. The van der Waals surface area contributed by atoms with Crippen molar-refractivity contribution in [1.29, 1.82) is 0 Å². The van der Waals surface area contributed by atoms with Crippen molar-refractivity contribution in [2.45, 2.75) is 56.8 Å². The molecule has 192 valence electrons. The van der Waals surface area contributed by atoms with Gasteiger partial charge in [-0.15, -0.1) is 0 Å². The minimum atomic E-state index is -5.73. The zero-order chi connectivity index (χ0) is 25.6. The van der Waals surface area contributed by atoms with Crippen LogP contribution in [0.15, 0.2) is 24.3 Å². The monoisotopic (exact) mass is 517 g/mol. The van der Waals surface area contributed by atoms with Crippen LogP contribution in [0, 0.1) is 32.8 Å². The molecule has 1 N–H and O–H groups in total. The number of hydrogen-bond donors (Lipinski definition) is 1. The summed E-state index contributed by atoms with van der Waals surface area (Å²) in [5.41, 5.74) is -1.64. The molecule has 2 atom stereocenters. The largest absolute Gasteiger partial charge is 0.461 e. The van der Waals surface area contributed by atoms with Gasteiger partial charge >= 0.3 is 27.3 Å². The number of para-hydroxylation sites is 1. The van der Waals surface area contributed by atoms with Crippen LogP contribution in [0.25, 0.3) is 0 Å². The van der Waals surface area contributed by atoms with Gasteiger partial charge in [-0.1, -0.05) is 12.1 Å². The van der Waals surface area contributed by atoms with E-state index >= 15 is 0 Å². The molecule has 0 aromatic heterocycles. The summed E-state index contributed by atoms with van der Waals surface area (Å²) in [6.45, 7) is -2.07. The summed E-state index contributed by atoms with van der Waals surface area (Å²) in [5.74, 6) is -1.37. The fourth-order valence-electron chi connectivity index (χ4n) is 6.60. The predicted octanol–water partition coefficient (Wildman–Crippen LogP) is 3.64. The van der Waals surface area contributed by atoms with Crippen LogP contribution in [0.3, 0.4) is 0 Å². The van der Waals surface area contributed by atoms with Crippen molar-refractivity contribution in [2.75, 3.05) is 6.61 Å². The summed E-state index contributed by atoms with van der Waals surface area (Å²) in [6.07, 6.45) is 3.12. The smallest absolute Gasteiger partial charge is 0.402 e. The maximum Gasteiger partial charge on any atom is 0.402 e. The first-order valence-corrected chi connectivity index (χ1v) is 12.6. The lowest BCUT2D eigenvalue weighted by atomic mass is 9.43. The second-order valence-corrected chi connectivity index (χ2v) is 11.7. The third kappa shape index (κ3) is 5.01. The topological polar surface area (TPSA) is 150 Å². The van der Waals surface area contributed by atoms with Gasteiger partial charge in [-0.25, -0.2) is 0 Å². The SMILES string of the molecule is O=C(CC12CC3CC(C1)CC(C(=O)OCC(F)(F)S(=O)(=O)O)(C3)C2)OCc1ccccc1[N+](=O)[O-]. The molecule has 1 aromatic rings. The number of carbonyl (C=O) groups is 2. The Morgan fingerprint density at radius 2 is 1.77 bits per heavy atom. The van der Waals surface area contributed by atoms with E-state index in [4.69, 9.17) is 14.0 Å². The van der Waals surface area contributed by atoms with Gasteiger partial charge < -0.3 is 9.47 Å². The van der Waals surface area contributed by atoms with Gasteiger partial charge in [0.25, 0.3) is 5.69 Å². The van der Waals surface area contributed by atoms with Crippen molar-refractivity contribution < 1.29 is 45.7 Å². The number of halogens is 2. The van der Waals surface area contributed by atoms with Crippen LogP contribution in [0.4, 0.5) is 14.5 Å². The summed E-state index contributed by atoms with van der Waals surface area (Å²) in [6, 6.07) is 5.89. The zero-order valence-electron chi connectivity index (χ0n) is 18.7. The van der Waals surface area contributed by atoms with E-state index in [1.165, 1.54) is 18.2 Å². The van der Waals surface area contributed by atoms with Crippen molar-refractivity contribution in [3.05, 3.63) is 39.9 Å². The Balaban J connectivity index is 1.44. The van der Waals surface area contributed by atoms with E-state index in [-0.39, 0.29) is 42.5 Å². The van der Waals surface area contributed by atoms with Crippen LogP contribution in [0.1, 0.15) is 50.5 Å². The van der Waals surface area contributed by atoms with Gasteiger partial charge in [-0.3, -0.25) is 24.3 Å². The highest BCUT2D eigenvalue weighted by Gasteiger charge is 2.62. The van der Waals surface area contributed by atoms with E-state index in [0.717, 1.165) is 6.42 Å². The van der Waals surface area contributed by atoms with E-state index in [0.29, 0.717) is 25.7 Å². The molecule has 0 aliphatic heterocycles. The Labute approximate surface area is 199 Å². The van der Waals surface area contributed by atoms with Gasteiger partial charge in [0, 0.05) is 6.07 Å². The van der Waals surface area contributed by atoms with Gasteiger partial charge in [0.1, 0.15) is 6.61 Å². The number of benzene rings is 1. The van der Waals surface area contributed by atoms with Gasteiger partial charge in [0.15, 0.2) is 6.61 Å². The molecule has 4 aliphatic carbocycles. The van der Waals surface area contributed by atoms with Crippen molar-refractivity contribution in [3.63, 3.8) is 0 Å². The predicted molar refractivity (Wildman–Crippen MR) is 115 cm³/mol. The normalized spacial score (nSPS) is 29.6. The zero-order valence-corrected chi connectivity index (χ0v) is 19.5. The van der Waals surface area contributed by atoms with E-state index < -0.39 is 49.7 Å². The number of rotatable bonds is 9. The lowest BCUT2D eigenvalue weighted by Gasteiger charge is -2.60. The molecule has 4 bridgehead atoms. The Bertz CT molecular complexity index is 1140. The molecule has 10 nitrogen and oxygen atoms in total. The number of ether oxygens (including phenoxy) is 2. The first-order valence-electron chi connectivity index (χ1n) is 11.1. The van der Waals surface area contributed by atoms with Crippen LogP contribution in [0.2, 0.25) is 0 Å². The molecule has 1 aromatic carbocycles. The van der Waals surface area contributed by atoms with Crippen LogP contribution >= 0.6 is 0 Å². The average Bonchev–Trinajstić information content (AvgIpc) is 2.74. The van der Waals surface area contributed by atoms with E-state index in [9.17, 15) is 36.9 Å². The second kappa shape index (κ2) is 8.77. The second-order valence-electron chi connectivity index (χ2n) is 10.2. The Hall–Kier alpha value is -2.67. The van der Waals surface area contributed by atoms with Crippen LogP contribution in [0.5, 0.6) is 0 Å². The molecule has 5 rings (SSSR count). The summed E-state index contributed by atoms with van der Waals surface area (Å²) < 4.78 is 67.5. The minimum absolute atomic E-state index is 0.0309. The first kappa shape index (κ1) is 25.4. The fourth-order valence-corrected chi connectivity index (χ4v) is 6.81. The quantitative estimate of drug-likeness (QED) is 0.224. The summed E-state index contributed by atoms with van der Waals surface area (Å²) in [4.78, 5) is 36.2. The van der Waals surface area contributed by atoms with Crippen molar-refractivity contribution in [1.82, 2.24) is 0 Å². The number of nitro groups is 1. The van der Waals surface area contributed by atoms with Crippen LogP contribution in [-0.2, 0) is 35.8 Å². The molecule has 13 heteroatoms. The van der Waals surface area contributed by atoms with Crippen molar-refractivity contribution in [2.24, 2.45) is 22.7 Å². The Kier molecular flexibility index (Phi) is 6.37. The Morgan fingerprint density at radius 1 is 1.14 bits per heavy atom. The fraction of sp³-hybridized carbons (Fsp3) is 0.636. The summed E-state index contributed by atoms with van der Waals surface area (Å²) >= 11 is 0. The highest BCUT2D eigenvalue weighted by atomic mass is 32.2. The molecule has 0 amide bonds. The third-order valence-corrected chi connectivity index (χ3v) is 8.33. The lowest BCUT2D eigenvalue weighted by Crippen LogP contribution is -2.56. The van der Waals surface area contributed by atoms with Gasteiger partial charge in [0.05, 0.1) is 22.3 Å². The first-order chi connectivity index (χ1) is 16.2. The van der Waals surface area contributed by atoms with E-state index in [1.54, 1.807) is 6.07 Å². The molecular weight excluding hydrogens is 492 g/mol. The molecule has 35 heavy (non-hydrogen) atoms. The maximum absolute atomic E-state index is 13.6. The molecule has 4 aliphatic rings. The average molecular weight is 518 g/mol. The number of carbonyl (C=O) groups excluding carboxylic acids is 2. The van der Waals surface area contributed by atoms with Crippen molar-refractivity contribution >= 4 is 27.7 Å². The molecule has 4 saturated carbocycles. The molecule has 0 radical (unpaired) electrons. The third-order valence-electron chi connectivity index (χ3n) is 7.46. The van der Waals surface area contributed by atoms with Crippen LogP contribution in [-0.4, -0.2) is 41.7 Å². The van der Waals surface area contributed by atoms with Gasteiger partial charge in [0.2, 0.25) is 0 Å². The molecule has 0 spiro atoms. The van der Waals surface area contributed by atoms with Gasteiger partial charge in [-0.2, -0.15) is 17.2 Å². The summed E-state index contributed by atoms with van der Waals surface area (Å²) in [5, 5.41) is 6.54. The van der Waals surface area contributed by atoms with E-state index in [1.807, 2.05) is 0 Å². The maximum atomic E-state index is 13.6. The number of esters is 2. The van der Waals surface area contributed by atoms with Crippen LogP contribution < -0.4 is 0 Å². The number of hydrogen-bond acceptors (Lipinski definition) is 8. The minimum Gasteiger partial charge on any atom is -0.461 e. The number of nitrogens with zero attached hydrogens (tertiary/aromatic N) is 1. The molecule has 0 saturated heterocycles.